The van der Waals surface area contributed by atoms with Crippen LogP contribution in [-0.2, 0) is 0 Å². The molecule has 2 atom stereocenters. The largest absolute Gasteiger partial charge is 0.355 e. The van der Waals surface area contributed by atoms with Gasteiger partial charge in [-0.25, -0.2) is 9.37 Å². The van der Waals surface area contributed by atoms with Crippen LogP contribution in [0.4, 0.5) is 9.52 Å². The molecule has 66 valence electrons. The Morgan fingerprint density at radius 2 is 2.50 bits per heavy atom. The van der Waals surface area contributed by atoms with Gasteiger partial charge in [-0.15, -0.1) is 0 Å². The van der Waals surface area contributed by atoms with Crippen molar-refractivity contribution >= 4 is 16.7 Å². The zero-order chi connectivity index (χ0) is 8.39. The quantitative estimate of drug-likeness (QED) is 0.767. The first-order valence-electron chi connectivity index (χ1n) is 4.03. The van der Waals surface area contributed by atoms with Crippen LogP contribution in [0.15, 0.2) is 6.33 Å². The van der Waals surface area contributed by atoms with E-state index in [0.29, 0.717) is 6.42 Å². The summed E-state index contributed by atoms with van der Waals surface area (Å²) in [5.41, 5.74) is 0. The molecular weight excluding hydrogens is 177 g/mol. The number of rotatable bonds is 2. The lowest BCUT2D eigenvalue weighted by atomic mass is 10.2. The van der Waals surface area contributed by atoms with E-state index in [4.69, 9.17) is 0 Å². The molecular formula is C7H10FN3S. The lowest BCUT2D eigenvalue weighted by Gasteiger charge is -2.12. The van der Waals surface area contributed by atoms with Crippen LogP contribution in [0.2, 0.25) is 0 Å². The SMILES string of the molecule is F[C@@H]1CCC[C@@H]1Nc1ncns1. The number of nitrogens with zero attached hydrogens (tertiary/aromatic N) is 2. The summed E-state index contributed by atoms with van der Waals surface area (Å²) in [4.78, 5) is 3.94. The Labute approximate surface area is 74.2 Å². The molecule has 1 aliphatic rings. The van der Waals surface area contributed by atoms with Crippen molar-refractivity contribution in [1.29, 1.82) is 0 Å². The van der Waals surface area contributed by atoms with Crippen LogP contribution in [0.3, 0.4) is 0 Å². The Hall–Kier alpha value is -0.710. The van der Waals surface area contributed by atoms with Gasteiger partial charge in [0.05, 0.1) is 6.04 Å². The second-order valence-electron chi connectivity index (χ2n) is 2.94. The summed E-state index contributed by atoms with van der Waals surface area (Å²) in [5, 5.41) is 3.77. The van der Waals surface area contributed by atoms with Gasteiger partial charge in [0.2, 0.25) is 5.13 Å². The number of anilines is 1. The second-order valence-corrected chi connectivity index (χ2v) is 3.72. The molecule has 1 aromatic rings. The molecule has 0 spiro atoms. The monoisotopic (exact) mass is 187 g/mol. The van der Waals surface area contributed by atoms with Gasteiger partial charge in [0.25, 0.3) is 0 Å². The number of alkyl halides is 1. The number of halogens is 1. The normalized spacial score (nSPS) is 29.1. The molecule has 1 heterocycles. The molecule has 1 aliphatic carbocycles. The molecule has 0 radical (unpaired) electrons. The first-order valence-corrected chi connectivity index (χ1v) is 4.81. The van der Waals surface area contributed by atoms with Gasteiger partial charge >= 0.3 is 0 Å². The van der Waals surface area contributed by atoms with Crippen molar-refractivity contribution in [3.8, 4) is 0 Å². The van der Waals surface area contributed by atoms with E-state index in [0.717, 1.165) is 18.0 Å². The Morgan fingerprint density at radius 1 is 1.58 bits per heavy atom. The van der Waals surface area contributed by atoms with Gasteiger partial charge in [0.1, 0.15) is 12.5 Å². The van der Waals surface area contributed by atoms with Crippen LogP contribution in [0.25, 0.3) is 0 Å². The molecule has 3 nitrogen and oxygen atoms in total. The molecule has 0 aliphatic heterocycles. The summed E-state index contributed by atoms with van der Waals surface area (Å²) in [6.07, 6.45) is 3.32. The highest BCUT2D eigenvalue weighted by Crippen LogP contribution is 2.25. The Kier molecular flexibility index (Phi) is 2.21. The van der Waals surface area contributed by atoms with Crippen LogP contribution in [-0.4, -0.2) is 21.6 Å². The van der Waals surface area contributed by atoms with Crippen LogP contribution in [0.1, 0.15) is 19.3 Å². The van der Waals surface area contributed by atoms with E-state index < -0.39 is 6.17 Å². The minimum atomic E-state index is -0.714. The highest BCUT2D eigenvalue weighted by molar-refractivity contribution is 7.09. The van der Waals surface area contributed by atoms with Crippen molar-refractivity contribution in [3.63, 3.8) is 0 Å². The predicted molar refractivity (Wildman–Crippen MR) is 46.1 cm³/mol. The third-order valence-corrected chi connectivity index (χ3v) is 2.70. The zero-order valence-corrected chi connectivity index (χ0v) is 7.35. The zero-order valence-electron chi connectivity index (χ0n) is 6.53. The van der Waals surface area contributed by atoms with E-state index in [1.54, 1.807) is 0 Å². The number of hydrogen-bond acceptors (Lipinski definition) is 4. The van der Waals surface area contributed by atoms with Gasteiger partial charge in [-0.1, -0.05) is 0 Å². The molecule has 0 aromatic carbocycles. The fourth-order valence-electron chi connectivity index (χ4n) is 1.47. The van der Waals surface area contributed by atoms with E-state index >= 15 is 0 Å². The van der Waals surface area contributed by atoms with Crippen molar-refractivity contribution in [2.75, 3.05) is 5.32 Å². The first kappa shape index (κ1) is 7.91. The number of nitrogens with one attached hydrogen (secondary N) is 1. The molecule has 2 rings (SSSR count). The number of aromatic nitrogens is 2. The van der Waals surface area contributed by atoms with Crippen LogP contribution >= 0.6 is 11.5 Å². The topological polar surface area (TPSA) is 37.8 Å². The van der Waals surface area contributed by atoms with E-state index in [1.165, 1.54) is 17.9 Å². The maximum absolute atomic E-state index is 13.1. The summed E-state index contributed by atoms with van der Waals surface area (Å²) in [5.74, 6) is 0. The van der Waals surface area contributed by atoms with Crippen molar-refractivity contribution in [2.24, 2.45) is 0 Å². The maximum Gasteiger partial charge on any atom is 0.202 e. The van der Waals surface area contributed by atoms with E-state index in [2.05, 4.69) is 14.7 Å². The summed E-state index contributed by atoms with van der Waals surface area (Å²) in [6.45, 7) is 0. The minimum absolute atomic E-state index is 0.0436. The minimum Gasteiger partial charge on any atom is -0.355 e. The van der Waals surface area contributed by atoms with E-state index in [-0.39, 0.29) is 6.04 Å². The lowest BCUT2D eigenvalue weighted by molar-refractivity contribution is 0.323. The highest BCUT2D eigenvalue weighted by atomic mass is 32.1. The first-order chi connectivity index (χ1) is 5.86. The van der Waals surface area contributed by atoms with E-state index in [1.807, 2.05) is 0 Å². The third-order valence-electron chi connectivity index (χ3n) is 2.10. The molecule has 5 heteroatoms. The summed E-state index contributed by atoms with van der Waals surface area (Å²) >= 11 is 1.27. The Balaban J connectivity index is 1.95. The summed E-state index contributed by atoms with van der Waals surface area (Å²) in [7, 11) is 0. The van der Waals surface area contributed by atoms with Gasteiger partial charge in [-0.2, -0.15) is 4.37 Å². The lowest BCUT2D eigenvalue weighted by Crippen LogP contribution is -2.24. The fraction of sp³-hybridized carbons (Fsp3) is 0.714. The van der Waals surface area contributed by atoms with Crippen LogP contribution in [0.5, 0.6) is 0 Å². The molecule has 12 heavy (non-hydrogen) atoms. The van der Waals surface area contributed by atoms with Crippen LogP contribution < -0.4 is 5.32 Å². The third kappa shape index (κ3) is 1.55. The average molecular weight is 187 g/mol. The average Bonchev–Trinajstić information content (AvgIpc) is 2.65. The Morgan fingerprint density at radius 3 is 3.08 bits per heavy atom. The maximum atomic E-state index is 13.1. The van der Waals surface area contributed by atoms with Crippen molar-refractivity contribution in [1.82, 2.24) is 9.36 Å². The molecule has 1 aromatic heterocycles. The standard InChI is InChI=1S/C7H10FN3S/c8-5-2-1-3-6(5)11-7-9-4-10-12-7/h4-6H,1-3H2,(H,9,10,11)/t5-,6+/m1/s1. The van der Waals surface area contributed by atoms with Crippen molar-refractivity contribution in [2.45, 2.75) is 31.5 Å². The van der Waals surface area contributed by atoms with Crippen molar-refractivity contribution in [3.05, 3.63) is 6.33 Å². The highest BCUT2D eigenvalue weighted by Gasteiger charge is 2.27. The van der Waals surface area contributed by atoms with Crippen molar-refractivity contribution < 1.29 is 4.39 Å². The molecule has 0 amide bonds. The molecule has 0 unspecified atom stereocenters. The Bertz CT molecular complexity index is 239. The second kappa shape index (κ2) is 3.35. The van der Waals surface area contributed by atoms with Gasteiger partial charge in [-0.05, 0) is 19.3 Å². The summed E-state index contributed by atoms with van der Waals surface area (Å²) < 4.78 is 16.9. The fourth-order valence-corrected chi connectivity index (χ4v) is 1.97. The van der Waals surface area contributed by atoms with Gasteiger partial charge in [0, 0.05) is 11.5 Å². The summed E-state index contributed by atoms with van der Waals surface area (Å²) in [6, 6.07) is -0.0436. The molecule has 0 bridgehead atoms. The van der Waals surface area contributed by atoms with Gasteiger partial charge in [-0.3, -0.25) is 0 Å². The van der Waals surface area contributed by atoms with Crippen LogP contribution in [0, 0.1) is 0 Å². The molecule has 1 saturated carbocycles. The molecule has 0 saturated heterocycles. The van der Waals surface area contributed by atoms with Gasteiger partial charge in [0.15, 0.2) is 0 Å². The predicted octanol–water partition coefficient (Wildman–Crippen LogP) is 1.84. The smallest absolute Gasteiger partial charge is 0.202 e. The van der Waals surface area contributed by atoms with E-state index in [9.17, 15) is 4.39 Å². The molecule has 1 fully saturated rings. The van der Waals surface area contributed by atoms with Gasteiger partial charge < -0.3 is 5.32 Å². The number of hydrogen-bond donors (Lipinski definition) is 1. The molecule has 1 N–H and O–H groups in total.